The second-order valence-corrected chi connectivity index (χ2v) is 5.56. The molecule has 0 radical (unpaired) electrons. The van der Waals surface area contributed by atoms with Gasteiger partial charge in [-0.3, -0.25) is 4.79 Å². The monoisotopic (exact) mass is 274 g/mol. The molecule has 2 fully saturated rings. The SMILES string of the molecule is O=C([C@@H]1CCOC1)N1CCCN(c2ccccc2)CC1. The molecule has 0 bridgehead atoms. The van der Waals surface area contributed by atoms with Crippen molar-refractivity contribution in [2.45, 2.75) is 12.8 Å². The maximum Gasteiger partial charge on any atom is 0.228 e. The van der Waals surface area contributed by atoms with Gasteiger partial charge in [0, 0.05) is 38.5 Å². The first-order valence-corrected chi connectivity index (χ1v) is 7.51. The fourth-order valence-electron chi connectivity index (χ4n) is 3.02. The molecule has 0 aliphatic carbocycles. The number of anilines is 1. The third-order valence-electron chi connectivity index (χ3n) is 4.21. The minimum absolute atomic E-state index is 0.0956. The summed E-state index contributed by atoms with van der Waals surface area (Å²) >= 11 is 0. The Morgan fingerprint density at radius 1 is 1.10 bits per heavy atom. The Kier molecular flexibility index (Phi) is 4.21. The number of rotatable bonds is 2. The average Bonchev–Trinajstić information content (AvgIpc) is 2.92. The number of hydrogen-bond donors (Lipinski definition) is 0. The van der Waals surface area contributed by atoms with Gasteiger partial charge in [-0.25, -0.2) is 0 Å². The van der Waals surface area contributed by atoms with Crippen molar-refractivity contribution in [2.24, 2.45) is 5.92 Å². The molecule has 2 aliphatic heterocycles. The van der Waals surface area contributed by atoms with E-state index in [4.69, 9.17) is 4.74 Å². The molecule has 2 saturated heterocycles. The summed E-state index contributed by atoms with van der Waals surface area (Å²) in [4.78, 5) is 16.8. The van der Waals surface area contributed by atoms with Crippen LogP contribution in [-0.4, -0.2) is 50.2 Å². The molecule has 4 nitrogen and oxygen atoms in total. The number of carbonyl (C=O) groups is 1. The first-order chi connectivity index (χ1) is 9.84. The zero-order valence-corrected chi connectivity index (χ0v) is 11.8. The molecule has 1 amide bonds. The van der Waals surface area contributed by atoms with Gasteiger partial charge in [-0.05, 0) is 25.0 Å². The van der Waals surface area contributed by atoms with Gasteiger partial charge < -0.3 is 14.5 Å². The summed E-state index contributed by atoms with van der Waals surface area (Å²) < 4.78 is 5.33. The van der Waals surface area contributed by atoms with Crippen LogP contribution in [-0.2, 0) is 9.53 Å². The molecule has 1 aromatic rings. The highest BCUT2D eigenvalue weighted by Crippen LogP contribution is 2.19. The molecular formula is C16H22N2O2. The third-order valence-corrected chi connectivity index (χ3v) is 4.21. The van der Waals surface area contributed by atoms with Crippen LogP contribution in [0.25, 0.3) is 0 Å². The van der Waals surface area contributed by atoms with E-state index in [1.165, 1.54) is 5.69 Å². The minimum atomic E-state index is 0.0956. The maximum atomic E-state index is 12.4. The van der Waals surface area contributed by atoms with Gasteiger partial charge in [0.05, 0.1) is 12.5 Å². The van der Waals surface area contributed by atoms with Crippen molar-refractivity contribution in [3.8, 4) is 0 Å². The van der Waals surface area contributed by atoms with E-state index in [0.717, 1.165) is 45.6 Å². The lowest BCUT2D eigenvalue weighted by Gasteiger charge is -2.25. The fraction of sp³-hybridized carbons (Fsp3) is 0.562. The number of benzene rings is 1. The Morgan fingerprint density at radius 3 is 2.70 bits per heavy atom. The molecule has 108 valence electrons. The molecule has 4 heteroatoms. The second kappa shape index (κ2) is 6.27. The van der Waals surface area contributed by atoms with Crippen LogP contribution in [0.5, 0.6) is 0 Å². The molecule has 2 aliphatic rings. The maximum absolute atomic E-state index is 12.4. The van der Waals surface area contributed by atoms with E-state index >= 15 is 0 Å². The molecule has 0 N–H and O–H groups in total. The zero-order valence-electron chi connectivity index (χ0n) is 11.8. The number of amides is 1. The van der Waals surface area contributed by atoms with E-state index in [-0.39, 0.29) is 11.8 Å². The highest BCUT2D eigenvalue weighted by molar-refractivity contribution is 5.79. The Morgan fingerprint density at radius 2 is 1.95 bits per heavy atom. The number of nitrogens with zero attached hydrogens (tertiary/aromatic N) is 2. The zero-order chi connectivity index (χ0) is 13.8. The number of ether oxygens (including phenoxy) is 1. The molecular weight excluding hydrogens is 252 g/mol. The second-order valence-electron chi connectivity index (χ2n) is 5.56. The van der Waals surface area contributed by atoms with Gasteiger partial charge >= 0.3 is 0 Å². The van der Waals surface area contributed by atoms with E-state index < -0.39 is 0 Å². The van der Waals surface area contributed by atoms with Crippen molar-refractivity contribution in [1.82, 2.24) is 4.90 Å². The summed E-state index contributed by atoms with van der Waals surface area (Å²) in [6.07, 6.45) is 1.92. The summed E-state index contributed by atoms with van der Waals surface area (Å²) in [5.41, 5.74) is 1.26. The summed E-state index contributed by atoms with van der Waals surface area (Å²) in [6.45, 7) is 4.99. The van der Waals surface area contributed by atoms with Crippen molar-refractivity contribution in [2.75, 3.05) is 44.3 Å². The van der Waals surface area contributed by atoms with Gasteiger partial charge in [0.15, 0.2) is 0 Å². The van der Waals surface area contributed by atoms with Crippen LogP contribution in [0.4, 0.5) is 5.69 Å². The average molecular weight is 274 g/mol. The van der Waals surface area contributed by atoms with E-state index in [9.17, 15) is 4.79 Å². The van der Waals surface area contributed by atoms with Crippen LogP contribution >= 0.6 is 0 Å². The highest BCUT2D eigenvalue weighted by Gasteiger charge is 2.29. The topological polar surface area (TPSA) is 32.8 Å². The van der Waals surface area contributed by atoms with Crippen LogP contribution in [0.15, 0.2) is 30.3 Å². The van der Waals surface area contributed by atoms with Crippen LogP contribution in [0.1, 0.15) is 12.8 Å². The lowest BCUT2D eigenvalue weighted by molar-refractivity contribution is -0.135. The molecule has 0 unspecified atom stereocenters. The largest absolute Gasteiger partial charge is 0.381 e. The Labute approximate surface area is 120 Å². The smallest absolute Gasteiger partial charge is 0.228 e. The Bertz CT molecular complexity index is 443. The summed E-state index contributed by atoms with van der Waals surface area (Å²) in [5, 5.41) is 0. The fourth-order valence-corrected chi connectivity index (χ4v) is 3.02. The molecule has 20 heavy (non-hydrogen) atoms. The highest BCUT2D eigenvalue weighted by atomic mass is 16.5. The van der Waals surface area contributed by atoms with Crippen LogP contribution in [0.3, 0.4) is 0 Å². The normalized spacial score (nSPS) is 23.7. The Balaban J connectivity index is 1.60. The molecule has 3 rings (SSSR count). The molecule has 0 saturated carbocycles. The van der Waals surface area contributed by atoms with Crippen molar-refractivity contribution >= 4 is 11.6 Å². The standard InChI is InChI=1S/C16H22N2O2/c19-16(14-7-12-20-13-14)18-9-4-8-17(10-11-18)15-5-2-1-3-6-15/h1-3,5-6,14H,4,7-13H2/t14-/m1/s1. The summed E-state index contributed by atoms with van der Waals surface area (Å²) in [7, 11) is 0. The number of carbonyl (C=O) groups excluding carboxylic acids is 1. The van der Waals surface area contributed by atoms with Gasteiger partial charge in [0.2, 0.25) is 5.91 Å². The Hall–Kier alpha value is -1.55. The lowest BCUT2D eigenvalue weighted by Crippen LogP contribution is -2.39. The number of para-hydroxylation sites is 1. The minimum Gasteiger partial charge on any atom is -0.381 e. The number of hydrogen-bond acceptors (Lipinski definition) is 3. The van der Waals surface area contributed by atoms with E-state index in [0.29, 0.717) is 6.61 Å². The van der Waals surface area contributed by atoms with Crippen LogP contribution < -0.4 is 4.90 Å². The van der Waals surface area contributed by atoms with Gasteiger partial charge in [-0.1, -0.05) is 18.2 Å². The van der Waals surface area contributed by atoms with Crippen molar-refractivity contribution in [3.05, 3.63) is 30.3 Å². The molecule has 0 spiro atoms. The predicted molar refractivity (Wildman–Crippen MR) is 78.8 cm³/mol. The first-order valence-electron chi connectivity index (χ1n) is 7.51. The van der Waals surface area contributed by atoms with Crippen LogP contribution in [0.2, 0.25) is 0 Å². The lowest BCUT2D eigenvalue weighted by atomic mass is 10.1. The van der Waals surface area contributed by atoms with Crippen molar-refractivity contribution < 1.29 is 9.53 Å². The summed E-state index contributed by atoms with van der Waals surface area (Å²) in [5.74, 6) is 0.385. The molecule has 2 heterocycles. The van der Waals surface area contributed by atoms with E-state index in [1.54, 1.807) is 0 Å². The molecule has 1 atom stereocenters. The molecule has 0 aromatic heterocycles. The van der Waals surface area contributed by atoms with Crippen molar-refractivity contribution in [1.29, 1.82) is 0 Å². The third kappa shape index (κ3) is 2.96. The van der Waals surface area contributed by atoms with Gasteiger partial charge in [-0.15, -0.1) is 0 Å². The van der Waals surface area contributed by atoms with Crippen molar-refractivity contribution in [3.63, 3.8) is 0 Å². The first kappa shape index (κ1) is 13.4. The summed E-state index contributed by atoms with van der Waals surface area (Å²) in [6, 6.07) is 10.5. The van der Waals surface area contributed by atoms with Gasteiger partial charge in [0.25, 0.3) is 0 Å². The molecule has 1 aromatic carbocycles. The van der Waals surface area contributed by atoms with Gasteiger partial charge in [-0.2, -0.15) is 0 Å². The van der Waals surface area contributed by atoms with E-state index in [1.807, 2.05) is 11.0 Å². The predicted octanol–water partition coefficient (Wildman–Crippen LogP) is 1.76. The van der Waals surface area contributed by atoms with Crippen LogP contribution in [0, 0.1) is 5.92 Å². The van der Waals surface area contributed by atoms with Gasteiger partial charge in [0.1, 0.15) is 0 Å². The van der Waals surface area contributed by atoms with E-state index in [2.05, 4.69) is 29.2 Å². The quantitative estimate of drug-likeness (QED) is 0.824.